The predicted octanol–water partition coefficient (Wildman–Crippen LogP) is 3.03. The highest BCUT2D eigenvalue weighted by molar-refractivity contribution is 5.77. The zero-order valence-corrected chi connectivity index (χ0v) is 16.6. The Bertz CT molecular complexity index is 863. The Labute approximate surface area is 171 Å². The largest absolute Gasteiger partial charge is 0.480 e. The first kappa shape index (κ1) is 23.4. The maximum absolute atomic E-state index is 12.7. The Morgan fingerprint density at radius 3 is 2.20 bits per heavy atom. The number of nitrogens with zero attached hydrogens (tertiary/aromatic N) is 2. The average Bonchev–Trinajstić information content (AvgIpc) is 3.06. The first-order valence-electron chi connectivity index (χ1n) is 9.34. The van der Waals surface area contributed by atoms with Gasteiger partial charge in [0.15, 0.2) is 0 Å². The molecule has 30 heavy (non-hydrogen) atoms. The Hall–Kier alpha value is -2.88. The smallest absolute Gasteiger partial charge is 0.416 e. The van der Waals surface area contributed by atoms with Gasteiger partial charge in [0.25, 0.3) is 0 Å². The molecule has 1 aromatic heterocycles. The van der Waals surface area contributed by atoms with Gasteiger partial charge in [-0.2, -0.15) is 13.2 Å². The van der Waals surface area contributed by atoms with Crippen LogP contribution in [0.4, 0.5) is 13.2 Å². The lowest BCUT2D eigenvalue weighted by molar-refractivity contribution is -0.143. The van der Waals surface area contributed by atoms with Crippen molar-refractivity contribution in [2.45, 2.75) is 51.5 Å². The van der Waals surface area contributed by atoms with E-state index in [1.165, 1.54) is 24.7 Å². The third-order valence-corrected chi connectivity index (χ3v) is 4.55. The van der Waals surface area contributed by atoms with Crippen molar-refractivity contribution in [1.82, 2.24) is 14.9 Å². The normalized spacial score (nSPS) is 13.9. The van der Waals surface area contributed by atoms with E-state index >= 15 is 0 Å². The monoisotopic (exact) mass is 427 g/mol. The molecule has 0 radical (unpaired) electrons. The van der Waals surface area contributed by atoms with Gasteiger partial charge in [0, 0.05) is 24.9 Å². The number of rotatable bonds is 10. The number of imidazole rings is 1. The van der Waals surface area contributed by atoms with Gasteiger partial charge in [-0.25, -0.2) is 4.98 Å². The molecule has 3 N–H and O–H groups in total. The third-order valence-electron chi connectivity index (χ3n) is 4.55. The molecule has 0 fully saturated rings. The lowest BCUT2D eigenvalue weighted by Crippen LogP contribution is -2.49. The van der Waals surface area contributed by atoms with E-state index in [9.17, 15) is 33.0 Å². The molecule has 2 aromatic rings. The summed E-state index contributed by atoms with van der Waals surface area (Å²) in [5, 5.41) is 21.6. The number of aliphatic carboxylic acids is 2. The molecule has 2 unspecified atom stereocenters. The van der Waals surface area contributed by atoms with Gasteiger partial charge in [0.05, 0.1) is 11.9 Å². The number of aromatic nitrogens is 2. The summed E-state index contributed by atoms with van der Waals surface area (Å²) in [7, 11) is 0. The standard InChI is InChI=1S/C20H24F3N3O4/c1-12(2)7-16(18(27)28)25-17(19(29)30)8-15-9-24-11-26(15)10-13-3-5-14(6-4-13)20(21,22)23/h3-6,9,11-12,16-17,25H,7-8,10H2,1-2H3,(H,27,28)(H,29,30). The summed E-state index contributed by atoms with van der Waals surface area (Å²) in [4.78, 5) is 27.1. The minimum absolute atomic E-state index is 0.0299. The lowest BCUT2D eigenvalue weighted by atomic mass is 10.0. The van der Waals surface area contributed by atoms with E-state index < -0.39 is 35.8 Å². The number of carboxylic acid groups (broad SMARTS) is 2. The second kappa shape index (κ2) is 9.75. The summed E-state index contributed by atoms with van der Waals surface area (Å²) in [5.41, 5.74) is 0.353. The molecule has 7 nitrogen and oxygen atoms in total. The summed E-state index contributed by atoms with van der Waals surface area (Å²) in [6.45, 7) is 3.88. The number of nitrogens with one attached hydrogen (secondary N) is 1. The molecular weight excluding hydrogens is 403 g/mol. The van der Waals surface area contributed by atoms with Crippen molar-refractivity contribution in [1.29, 1.82) is 0 Å². The molecule has 0 saturated carbocycles. The Kier molecular flexibility index (Phi) is 7.60. The maximum atomic E-state index is 12.7. The van der Waals surface area contributed by atoms with Gasteiger partial charge in [-0.3, -0.25) is 14.9 Å². The number of halogens is 3. The number of carbonyl (C=O) groups is 2. The fourth-order valence-electron chi connectivity index (χ4n) is 3.04. The first-order chi connectivity index (χ1) is 14.0. The fourth-order valence-corrected chi connectivity index (χ4v) is 3.04. The Morgan fingerprint density at radius 1 is 1.10 bits per heavy atom. The highest BCUT2D eigenvalue weighted by Gasteiger charge is 2.30. The molecule has 0 saturated heterocycles. The van der Waals surface area contributed by atoms with Gasteiger partial charge in [0.2, 0.25) is 0 Å². The molecule has 0 amide bonds. The Morgan fingerprint density at radius 2 is 1.70 bits per heavy atom. The van der Waals surface area contributed by atoms with E-state index in [4.69, 9.17) is 0 Å². The molecule has 164 valence electrons. The molecule has 1 heterocycles. The molecule has 2 atom stereocenters. The van der Waals surface area contributed by atoms with E-state index in [1.807, 2.05) is 13.8 Å². The van der Waals surface area contributed by atoms with Crippen LogP contribution in [0.5, 0.6) is 0 Å². The molecule has 0 spiro atoms. The molecule has 1 aromatic carbocycles. The first-order valence-corrected chi connectivity index (χ1v) is 9.34. The highest BCUT2D eigenvalue weighted by Crippen LogP contribution is 2.29. The highest BCUT2D eigenvalue weighted by atomic mass is 19.4. The van der Waals surface area contributed by atoms with Gasteiger partial charge in [-0.1, -0.05) is 26.0 Å². The molecule has 0 bridgehead atoms. The molecular formula is C20H24F3N3O4. The van der Waals surface area contributed by atoms with Crippen LogP contribution in [0.15, 0.2) is 36.8 Å². The summed E-state index contributed by atoms with van der Waals surface area (Å²) in [6, 6.07) is 2.49. The number of alkyl halides is 3. The van der Waals surface area contributed by atoms with E-state index in [0.717, 1.165) is 12.1 Å². The van der Waals surface area contributed by atoms with Gasteiger partial charge in [0.1, 0.15) is 12.1 Å². The van der Waals surface area contributed by atoms with E-state index in [1.54, 1.807) is 4.57 Å². The van der Waals surface area contributed by atoms with Crippen LogP contribution in [-0.4, -0.2) is 43.8 Å². The van der Waals surface area contributed by atoms with Crippen LogP contribution in [0.1, 0.15) is 37.1 Å². The summed E-state index contributed by atoms with van der Waals surface area (Å²) in [6.07, 6.45) is -1.27. The summed E-state index contributed by atoms with van der Waals surface area (Å²) in [5.74, 6) is -2.28. The second-order valence-electron chi connectivity index (χ2n) is 7.49. The minimum Gasteiger partial charge on any atom is -0.480 e. The minimum atomic E-state index is -4.42. The molecule has 0 aliphatic rings. The van der Waals surface area contributed by atoms with Crippen molar-refractivity contribution in [2.75, 3.05) is 0 Å². The van der Waals surface area contributed by atoms with Crippen molar-refractivity contribution in [3.8, 4) is 0 Å². The zero-order valence-electron chi connectivity index (χ0n) is 16.6. The van der Waals surface area contributed by atoms with Crippen molar-refractivity contribution in [3.05, 3.63) is 53.6 Å². The van der Waals surface area contributed by atoms with Crippen molar-refractivity contribution >= 4 is 11.9 Å². The van der Waals surface area contributed by atoms with Crippen molar-refractivity contribution < 1.29 is 33.0 Å². The van der Waals surface area contributed by atoms with Gasteiger partial charge in [-0.05, 0) is 30.0 Å². The summed E-state index contributed by atoms with van der Waals surface area (Å²) >= 11 is 0. The quantitative estimate of drug-likeness (QED) is 0.539. The SMILES string of the molecule is CC(C)CC(NC(Cc1cncn1Cc1ccc(C(F)(F)F)cc1)C(=O)O)C(=O)O. The lowest BCUT2D eigenvalue weighted by Gasteiger charge is -2.22. The van der Waals surface area contributed by atoms with Crippen molar-refractivity contribution in [3.63, 3.8) is 0 Å². The van der Waals surface area contributed by atoms with Crippen LogP contribution in [0.2, 0.25) is 0 Å². The molecule has 2 rings (SSSR count). The van der Waals surface area contributed by atoms with Crippen LogP contribution in [0.25, 0.3) is 0 Å². The van der Waals surface area contributed by atoms with Gasteiger partial charge < -0.3 is 14.8 Å². The third kappa shape index (κ3) is 6.58. The van der Waals surface area contributed by atoms with Gasteiger partial charge >= 0.3 is 18.1 Å². The van der Waals surface area contributed by atoms with Gasteiger partial charge in [-0.15, -0.1) is 0 Å². The zero-order chi connectivity index (χ0) is 22.5. The van der Waals surface area contributed by atoms with Crippen LogP contribution >= 0.6 is 0 Å². The maximum Gasteiger partial charge on any atom is 0.416 e. The van der Waals surface area contributed by atoms with Crippen LogP contribution in [0.3, 0.4) is 0 Å². The number of hydrogen-bond acceptors (Lipinski definition) is 4. The van der Waals surface area contributed by atoms with Crippen LogP contribution in [-0.2, 0) is 28.7 Å². The summed E-state index contributed by atoms with van der Waals surface area (Å²) < 4.78 is 39.7. The number of benzene rings is 1. The van der Waals surface area contributed by atoms with Crippen molar-refractivity contribution in [2.24, 2.45) is 5.92 Å². The van der Waals surface area contributed by atoms with E-state index in [2.05, 4.69) is 10.3 Å². The average molecular weight is 427 g/mol. The Balaban J connectivity index is 2.14. The van der Waals surface area contributed by atoms with E-state index in [0.29, 0.717) is 11.3 Å². The number of carboxylic acids is 2. The molecule has 0 aliphatic heterocycles. The second-order valence-corrected chi connectivity index (χ2v) is 7.49. The van der Waals surface area contributed by atoms with Crippen LogP contribution < -0.4 is 5.32 Å². The molecule has 10 heteroatoms. The van der Waals surface area contributed by atoms with Crippen LogP contribution in [0, 0.1) is 5.92 Å². The topological polar surface area (TPSA) is 104 Å². The number of hydrogen-bond donors (Lipinski definition) is 3. The fraction of sp³-hybridized carbons (Fsp3) is 0.450. The van der Waals surface area contributed by atoms with E-state index in [-0.39, 0.29) is 25.3 Å². The predicted molar refractivity (Wildman–Crippen MR) is 102 cm³/mol. The molecule has 0 aliphatic carbocycles.